The van der Waals surface area contributed by atoms with E-state index in [9.17, 15) is 0 Å². The molecule has 3 N–H and O–H groups in total. The van der Waals surface area contributed by atoms with Gasteiger partial charge in [0.1, 0.15) is 5.76 Å². The van der Waals surface area contributed by atoms with E-state index in [1.165, 1.54) is 0 Å². The molecule has 0 radical (unpaired) electrons. The van der Waals surface area contributed by atoms with Gasteiger partial charge in [-0.15, -0.1) is 0 Å². The highest BCUT2D eigenvalue weighted by atomic mass is 16.4. The van der Waals surface area contributed by atoms with Crippen molar-refractivity contribution in [2.24, 2.45) is 10.7 Å². The number of oxazole rings is 1. The molecular formula is C8H14N4O. The summed E-state index contributed by atoms with van der Waals surface area (Å²) < 4.78 is 5.25. The zero-order chi connectivity index (χ0) is 9.84. The molecule has 5 heteroatoms. The average Bonchev–Trinajstić information content (AvgIpc) is 2.31. The summed E-state index contributed by atoms with van der Waals surface area (Å²) in [7, 11) is 0. The lowest BCUT2D eigenvalue weighted by molar-refractivity contribution is 0.544. The molecule has 0 aromatic carbocycles. The zero-order valence-corrected chi connectivity index (χ0v) is 8.09. The number of hydrogen-bond acceptors (Lipinski definition) is 3. The van der Waals surface area contributed by atoms with Crippen LogP contribution >= 0.6 is 0 Å². The predicted molar refractivity (Wildman–Crippen MR) is 51.8 cm³/mol. The van der Waals surface area contributed by atoms with Gasteiger partial charge in [-0.25, -0.2) is 0 Å². The Morgan fingerprint density at radius 2 is 2.31 bits per heavy atom. The fraction of sp³-hybridized carbons (Fsp3) is 0.500. The van der Waals surface area contributed by atoms with Crippen molar-refractivity contribution in [3.05, 3.63) is 11.5 Å². The normalized spacial score (nSPS) is 11.8. The van der Waals surface area contributed by atoms with E-state index in [0.29, 0.717) is 18.5 Å². The molecule has 0 amide bonds. The first-order valence-electron chi connectivity index (χ1n) is 4.14. The molecule has 1 aromatic heterocycles. The third-order valence-electron chi connectivity index (χ3n) is 1.59. The van der Waals surface area contributed by atoms with Crippen LogP contribution in [0.4, 0.5) is 6.01 Å². The van der Waals surface area contributed by atoms with Gasteiger partial charge in [-0.1, -0.05) is 0 Å². The van der Waals surface area contributed by atoms with Crippen LogP contribution in [0.5, 0.6) is 0 Å². The Morgan fingerprint density at radius 1 is 1.62 bits per heavy atom. The molecule has 0 atom stereocenters. The number of anilines is 1. The van der Waals surface area contributed by atoms with Crippen LogP contribution in [0.15, 0.2) is 9.41 Å². The summed E-state index contributed by atoms with van der Waals surface area (Å²) in [5.74, 6) is 1.11. The van der Waals surface area contributed by atoms with Crippen molar-refractivity contribution in [3.8, 4) is 0 Å². The van der Waals surface area contributed by atoms with Crippen molar-refractivity contribution in [1.29, 1.82) is 0 Å². The molecule has 1 aromatic rings. The van der Waals surface area contributed by atoms with Gasteiger partial charge in [0, 0.05) is 6.54 Å². The monoisotopic (exact) mass is 182 g/mol. The maximum atomic E-state index is 5.51. The average molecular weight is 182 g/mol. The highest BCUT2D eigenvalue weighted by molar-refractivity contribution is 5.90. The molecule has 1 rings (SSSR count). The summed E-state index contributed by atoms with van der Waals surface area (Å²) in [6, 6.07) is 0.393. The minimum atomic E-state index is 0.323. The van der Waals surface area contributed by atoms with Gasteiger partial charge in [-0.2, -0.15) is 4.98 Å². The maximum Gasteiger partial charge on any atom is 0.301 e. The van der Waals surface area contributed by atoms with Crippen LogP contribution in [-0.4, -0.2) is 17.5 Å². The van der Waals surface area contributed by atoms with E-state index >= 15 is 0 Å². The topological polar surface area (TPSA) is 76.4 Å². The van der Waals surface area contributed by atoms with E-state index in [1.54, 1.807) is 0 Å². The quantitative estimate of drug-likeness (QED) is 0.529. The SMILES string of the molecule is CCN=C(N)Nc1nc(C)c(C)o1. The second-order valence-corrected chi connectivity index (χ2v) is 2.65. The van der Waals surface area contributed by atoms with Crippen LogP contribution < -0.4 is 11.1 Å². The molecular weight excluding hydrogens is 168 g/mol. The lowest BCUT2D eigenvalue weighted by Gasteiger charge is -1.97. The molecule has 0 unspecified atom stereocenters. The Morgan fingerprint density at radius 3 is 2.77 bits per heavy atom. The number of aromatic nitrogens is 1. The minimum Gasteiger partial charge on any atom is -0.428 e. The van der Waals surface area contributed by atoms with Crippen LogP contribution in [0.25, 0.3) is 0 Å². The summed E-state index contributed by atoms with van der Waals surface area (Å²) in [5, 5.41) is 2.75. The summed E-state index contributed by atoms with van der Waals surface area (Å²) >= 11 is 0. The molecule has 5 nitrogen and oxygen atoms in total. The second kappa shape index (κ2) is 3.93. The summed E-state index contributed by atoms with van der Waals surface area (Å²) in [6.07, 6.45) is 0. The van der Waals surface area contributed by atoms with Crippen molar-refractivity contribution >= 4 is 12.0 Å². The fourth-order valence-electron chi connectivity index (χ4n) is 0.846. The van der Waals surface area contributed by atoms with Gasteiger partial charge in [-0.05, 0) is 20.8 Å². The molecule has 0 aliphatic carbocycles. The first-order chi connectivity index (χ1) is 6.13. The van der Waals surface area contributed by atoms with Gasteiger partial charge in [0.05, 0.1) is 5.69 Å². The van der Waals surface area contributed by atoms with Crippen LogP contribution in [-0.2, 0) is 0 Å². The van der Waals surface area contributed by atoms with Crippen molar-refractivity contribution < 1.29 is 4.42 Å². The van der Waals surface area contributed by atoms with Crippen molar-refractivity contribution in [3.63, 3.8) is 0 Å². The summed E-state index contributed by atoms with van der Waals surface area (Å²) in [6.45, 7) is 6.26. The van der Waals surface area contributed by atoms with Gasteiger partial charge in [0.15, 0.2) is 5.96 Å². The van der Waals surface area contributed by atoms with Gasteiger partial charge >= 0.3 is 6.01 Å². The molecule has 0 spiro atoms. The Hall–Kier alpha value is -1.52. The van der Waals surface area contributed by atoms with Crippen molar-refractivity contribution in [2.75, 3.05) is 11.9 Å². The second-order valence-electron chi connectivity index (χ2n) is 2.65. The Bertz CT molecular complexity index is 296. The van der Waals surface area contributed by atoms with Crippen LogP contribution in [0.2, 0.25) is 0 Å². The van der Waals surface area contributed by atoms with Crippen molar-refractivity contribution in [2.45, 2.75) is 20.8 Å². The standard InChI is InChI=1S/C8H14N4O/c1-4-10-7(9)12-8-11-5(2)6(3)13-8/h4H2,1-3H3,(H3,9,10,11,12). The number of guanidine groups is 1. The van der Waals surface area contributed by atoms with Gasteiger partial charge in [0.25, 0.3) is 0 Å². The van der Waals surface area contributed by atoms with E-state index in [-0.39, 0.29) is 0 Å². The Balaban J connectivity index is 2.69. The molecule has 0 saturated heterocycles. The maximum absolute atomic E-state index is 5.51. The molecule has 0 saturated carbocycles. The summed E-state index contributed by atoms with van der Waals surface area (Å²) in [5.41, 5.74) is 6.37. The number of nitrogens with one attached hydrogen (secondary N) is 1. The van der Waals surface area contributed by atoms with Gasteiger partial charge < -0.3 is 10.2 Å². The number of aliphatic imine (C=N–C) groups is 1. The third kappa shape index (κ3) is 2.47. The van der Waals surface area contributed by atoms with E-state index in [0.717, 1.165) is 11.5 Å². The number of rotatable bonds is 2. The predicted octanol–water partition coefficient (Wildman–Crippen LogP) is 1.04. The minimum absolute atomic E-state index is 0.323. The van der Waals surface area contributed by atoms with Gasteiger partial charge in [0.2, 0.25) is 0 Å². The smallest absolute Gasteiger partial charge is 0.301 e. The van der Waals surface area contributed by atoms with E-state index in [1.807, 2.05) is 20.8 Å². The van der Waals surface area contributed by atoms with Crippen LogP contribution in [0, 0.1) is 13.8 Å². The van der Waals surface area contributed by atoms with Crippen molar-refractivity contribution in [1.82, 2.24) is 4.98 Å². The number of hydrogen-bond donors (Lipinski definition) is 2. The van der Waals surface area contributed by atoms with E-state index in [4.69, 9.17) is 10.2 Å². The highest BCUT2D eigenvalue weighted by Gasteiger charge is 2.05. The highest BCUT2D eigenvalue weighted by Crippen LogP contribution is 2.11. The molecule has 72 valence electrons. The Labute approximate surface area is 77.1 Å². The molecule has 1 heterocycles. The number of aryl methyl sites for hydroxylation is 2. The fourth-order valence-corrected chi connectivity index (χ4v) is 0.846. The van der Waals surface area contributed by atoms with Crippen LogP contribution in [0.3, 0.4) is 0 Å². The molecule has 0 fully saturated rings. The number of nitrogens with two attached hydrogens (primary N) is 1. The van der Waals surface area contributed by atoms with Gasteiger partial charge in [-0.3, -0.25) is 10.3 Å². The molecule has 13 heavy (non-hydrogen) atoms. The third-order valence-corrected chi connectivity index (χ3v) is 1.59. The largest absolute Gasteiger partial charge is 0.428 e. The zero-order valence-electron chi connectivity index (χ0n) is 8.09. The number of nitrogens with zero attached hydrogens (tertiary/aromatic N) is 2. The lowest BCUT2D eigenvalue weighted by atomic mass is 10.4. The lowest BCUT2D eigenvalue weighted by Crippen LogP contribution is -2.22. The molecule has 0 bridgehead atoms. The first kappa shape index (κ1) is 9.57. The molecule has 0 aliphatic heterocycles. The molecule has 0 aliphatic rings. The first-order valence-corrected chi connectivity index (χ1v) is 4.14. The summed E-state index contributed by atoms with van der Waals surface area (Å²) in [4.78, 5) is 8.04. The van der Waals surface area contributed by atoms with E-state index in [2.05, 4.69) is 15.3 Å². The Kier molecular flexibility index (Phi) is 2.89. The van der Waals surface area contributed by atoms with Crippen LogP contribution in [0.1, 0.15) is 18.4 Å². The van der Waals surface area contributed by atoms with E-state index < -0.39 is 0 Å².